The highest BCUT2D eigenvalue weighted by atomic mass is 79.9. The molecular formula is C19H22BrN. The second-order valence-electron chi connectivity index (χ2n) is 5.87. The molecule has 1 saturated carbocycles. The minimum Gasteiger partial charge on any atom is -0.310 e. The van der Waals surface area contributed by atoms with Crippen LogP contribution in [0.5, 0.6) is 0 Å². The first-order valence-electron chi connectivity index (χ1n) is 7.84. The molecule has 0 aliphatic heterocycles. The third-order valence-electron chi connectivity index (χ3n) is 4.35. The minimum atomic E-state index is 0.450. The molecule has 3 rings (SSSR count). The van der Waals surface area contributed by atoms with Gasteiger partial charge >= 0.3 is 0 Å². The van der Waals surface area contributed by atoms with E-state index in [1.54, 1.807) is 0 Å². The number of nitrogens with one attached hydrogen (secondary N) is 1. The summed E-state index contributed by atoms with van der Waals surface area (Å²) >= 11 is 3.72. The maximum atomic E-state index is 3.76. The summed E-state index contributed by atoms with van der Waals surface area (Å²) in [5.74, 6) is 1.41. The zero-order valence-corrected chi connectivity index (χ0v) is 14.0. The number of hydrogen-bond donors (Lipinski definition) is 1. The highest BCUT2D eigenvalue weighted by Crippen LogP contribution is 2.54. The fraction of sp³-hybridized carbons (Fsp3) is 0.368. The van der Waals surface area contributed by atoms with Crippen molar-refractivity contribution in [3.05, 3.63) is 70.2 Å². The van der Waals surface area contributed by atoms with Gasteiger partial charge in [0.05, 0.1) is 0 Å². The number of halogens is 1. The Bertz CT molecular complexity index is 581. The molecular weight excluding hydrogens is 322 g/mol. The van der Waals surface area contributed by atoms with E-state index in [9.17, 15) is 0 Å². The van der Waals surface area contributed by atoms with Gasteiger partial charge in [-0.15, -0.1) is 0 Å². The SMILES string of the molecule is CCCNC(c1ccccc1Br)C1CC1c1ccccc1. The van der Waals surface area contributed by atoms with Crippen molar-refractivity contribution in [1.82, 2.24) is 5.32 Å². The van der Waals surface area contributed by atoms with Crippen LogP contribution in [0, 0.1) is 5.92 Å². The van der Waals surface area contributed by atoms with Gasteiger partial charge < -0.3 is 5.32 Å². The van der Waals surface area contributed by atoms with Crippen molar-refractivity contribution in [2.45, 2.75) is 31.7 Å². The molecule has 0 spiro atoms. The lowest BCUT2D eigenvalue weighted by molar-refractivity contribution is 0.471. The Labute approximate surface area is 135 Å². The summed E-state index contributed by atoms with van der Waals surface area (Å²) in [6.07, 6.45) is 2.45. The first-order chi connectivity index (χ1) is 10.3. The zero-order chi connectivity index (χ0) is 14.7. The molecule has 1 N–H and O–H groups in total. The van der Waals surface area contributed by atoms with Gasteiger partial charge in [0.25, 0.3) is 0 Å². The van der Waals surface area contributed by atoms with Crippen LogP contribution in [0.2, 0.25) is 0 Å². The lowest BCUT2D eigenvalue weighted by Crippen LogP contribution is -2.24. The van der Waals surface area contributed by atoms with Crippen molar-refractivity contribution in [2.75, 3.05) is 6.54 Å². The van der Waals surface area contributed by atoms with Crippen LogP contribution in [0.15, 0.2) is 59.1 Å². The van der Waals surface area contributed by atoms with Crippen LogP contribution in [-0.4, -0.2) is 6.54 Å². The van der Waals surface area contributed by atoms with Crippen LogP contribution >= 0.6 is 15.9 Å². The lowest BCUT2D eigenvalue weighted by Gasteiger charge is -2.21. The maximum absolute atomic E-state index is 3.76. The average molecular weight is 344 g/mol. The van der Waals surface area contributed by atoms with E-state index in [1.165, 1.54) is 28.4 Å². The third kappa shape index (κ3) is 3.38. The van der Waals surface area contributed by atoms with Crippen LogP contribution in [0.3, 0.4) is 0 Å². The van der Waals surface area contributed by atoms with Gasteiger partial charge in [0.1, 0.15) is 0 Å². The van der Waals surface area contributed by atoms with Crippen LogP contribution in [-0.2, 0) is 0 Å². The van der Waals surface area contributed by atoms with E-state index in [-0.39, 0.29) is 0 Å². The van der Waals surface area contributed by atoms with E-state index >= 15 is 0 Å². The first kappa shape index (κ1) is 14.8. The molecule has 2 heteroatoms. The molecule has 21 heavy (non-hydrogen) atoms. The fourth-order valence-electron chi connectivity index (χ4n) is 3.19. The molecule has 1 aliphatic carbocycles. The van der Waals surface area contributed by atoms with Crippen molar-refractivity contribution in [3.63, 3.8) is 0 Å². The zero-order valence-electron chi connectivity index (χ0n) is 12.4. The molecule has 0 radical (unpaired) electrons. The van der Waals surface area contributed by atoms with Crippen molar-refractivity contribution < 1.29 is 0 Å². The van der Waals surface area contributed by atoms with Crippen molar-refractivity contribution >= 4 is 15.9 Å². The van der Waals surface area contributed by atoms with Crippen molar-refractivity contribution in [3.8, 4) is 0 Å². The third-order valence-corrected chi connectivity index (χ3v) is 5.07. The van der Waals surface area contributed by atoms with E-state index in [0.717, 1.165) is 6.54 Å². The minimum absolute atomic E-state index is 0.450. The summed E-state index contributed by atoms with van der Waals surface area (Å²) in [6, 6.07) is 20.0. The maximum Gasteiger partial charge on any atom is 0.0365 e. The van der Waals surface area contributed by atoms with Gasteiger partial charge in [-0.25, -0.2) is 0 Å². The summed E-state index contributed by atoms with van der Waals surface area (Å²) < 4.78 is 1.22. The molecule has 3 unspecified atom stereocenters. The van der Waals surface area contributed by atoms with E-state index in [2.05, 4.69) is 82.8 Å². The van der Waals surface area contributed by atoms with Crippen LogP contribution < -0.4 is 5.32 Å². The van der Waals surface area contributed by atoms with Crippen LogP contribution in [0.25, 0.3) is 0 Å². The average Bonchev–Trinajstić information content (AvgIpc) is 3.31. The summed E-state index contributed by atoms with van der Waals surface area (Å²) in [6.45, 7) is 3.30. The molecule has 0 bridgehead atoms. The van der Waals surface area contributed by atoms with Gasteiger partial charge in [-0.3, -0.25) is 0 Å². The second-order valence-corrected chi connectivity index (χ2v) is 6.72. The van der Waals surface area contributed by atoms with Crippen LogP contribution in [0.1, 0.15) is 42.9 Å². The Morgan fingerprint density at radius 1 is 1.10 bits per heavy atom. The first-order valence-corrected chi connectivity index (χ1v) is 8.63. The number of hydrogen-bond acceptors (Lipinski definition) is 1. The normalized spacial score (nSPS) is 22.0. The molecule has 0 heterocycles. The predicted molar refractivity (Wildman–Crippen MR) is 92.5 cm³/mol. The van der Waals surface area contributed by atoms with Crippen molar-refractivity contribution in [2.24, 2.45) is 5.92 Å². The fourth-order valence-corrected chi connectivity index (χ4v) is 3.72. The highest BCUT2D eigenvalue weighted by molar-refractivity contribution is 9.10. The quantitative estimate of drug-likeness (QED) is 0.750. The van der Waals surface area contributed by atoms with Gasteiger partial charge in [0, 0.05) is 10.5 Å². The summed E-state index contributed by atoms with van der Waals surface area (Å²) in [5.41, 5.74) is 2.88. The van der Waals surface area contributed by atoms with Gasteiger partial charge in [-0.1, -0.05) is 71.4 Å². The molecule has 3 atom stereocenters. The van der Waals surface area contributed by atoms with Gasteiger partial charge in [-0.05, 0) is 48.4 Å². The van der Waals surface area contributed by atoms with E-state index in [0.29, 0.717) is 17.9 Å². The second kappa shape index (κ2) is 6.76. The van der Waals surface area contributed by atoms with E-state index in [4.69, 9.17) is 0 Å². The van der Waals surface area contributed by atoms with Gasteiger partial charge in [-0.2, -0.15) is 0 Å². The summed E-state index contributed by atoms with van der Waals surface area (Å²) in [4.78, 5) is 0. The van der Waals surface area contributed by atoms with Crippen molar-refractivity contribution in [1.29, 1.82) is 0 Å². The number of benzene rings is 2. The predicted octanol–water partition coefficient (Wildman–Crippen LogP) is 5.29. The topological polar surface area (TPSA) is 12.0 Å². The molecule has 0 saturated heterocycles. The Balaban J connectivity index is 1.80. The Kier molecular flexibility index (Phi) is 4.77. The highest BCUT2D eigenvalue weighted by Gasteiger charge is 2.44. The molecule has 110 valence electrons. The smallest absolute Gasteiger partial charge is 0.0365 e. The van der Waals surface area contributed by atoms with Gasteiger partial charge in [0.15, 0.2) is 0 Å². The molecule has 1 aliphatic rings. The Morgan fingerprint density at radius 3 is 2.52 bits per heavy atom. The van der Waals surface area contributed by atoms with Gasteiger partial charge in [0.2, 0.25) is 0 Å². The van der Waals surface area contributed by atoms with E-state index in [1.807, 2.05) is 0 Å². The molecule has 2 aromatic carbocycles. The summed E-state index contributed by atoms with van der Waals surface area (Å²) in [5, 5.41) is 3.76. The Hall–Kier alpha value is -1.12. The monoisotopic (exact) mass is 343 g/mol. The lowest BCUT2D eigenvalue weighted by atomic mass is 9.98. The molecule has 1 nitrogen and oxygen atoms in total. The number of rotatable bonds is 6. The standard InChI is InChI=1S/C19H22BrN/c1-2-12-21-19(15-10-6-7-11-18(15)20)17-13-16(17)14-8-4-3-5-9-14/h3-11,16-17,19,21H,2,12-13H2,1H3. The molecule has 1 fully saturated rings. The molecule has 0 aromatic heterocycles. The molecule has 0 amide bonds. The summed E-state index contributed by atoms with van der Waals surface area (Å²) in [7, 11) is 0. The molecule has 2 aromatic rings. The largest absolute Gasteiger partial charge is 0.310 e. The Morgan fingerprint density at radius 2 is 1.81 bits per heavy atom. The van der Waals surface area contributed by atoms with Crippen LogP contribution in [0.4, 0.5) is 0 Å². The van der Waals surface area contributed by atoms with E-state index < -0.39 is 0 Å².